The molecular weight excluding hydrogens is 390 g/mol. The fourth-order valence-electron chi connectivity index (χ4n) is 3.14. The highest BCUT2D eigenvalue weighted by molar-refractivity contribution is 7.80. The number of carbonyl (C=O) groups excluding carboxylic acids is 1. The van der Waals surface area contributed by atoms with Crippen molar-refractivity contribution < 1.29 is 4.79 Å². The molecule has 6 heteroatoms. The Kier molecular flexibility index (Phi) is 4.94. The predicted molar refractivity (Wildman–Crippen MR) is 119 cm³/mol. The molecule has 0 aliphatic carbocycles. The number of fused-ring (bicyclic) bond motifs is 2. The molecule has 138 valence electrons. The second-order valence-electron chi connectivity index (χ2n) is 6.38. The van der Waals surface area contributed by atoms with E-state index in [1.54, 1.807) is 18.2 Å². The number of rotatable bonds is 2. The number of nitrogens with zero attached hydrogens (tertiary/aromatic N) is 1. The zero-order valence-corrected chi connectivity index (χ0v) is 16.6. The fraction of sp³-hybridized carbons (Fsp3) is 0.0455. The first-order valence-electron chi connectivity index (χ1n) is 8.69. The number of aryl methyl sites for hydroxylation is 1. The first-order valence-corrected chi connectivity index (χ1v) is 9.47. The number of carbonyl (C=O) groups is 1. The Hall–Kier alpha value is -3.02. The van der Waals surface area contributed by atoms with Crippen LogP contribution in [0.4, 0.5) is 5.69 Å². The summed E-state index contributed by atoms with van der Waals surface area (Å²) in [5, 5.41) is 9.23. The van der Waals surface area contributed by atoms with E-state index in [0.29, 0.717) is 10.6 Å². The average Bonchev–Trinajstić information content (AvgIpc) is 2.68. The van der Waals surface area contributed by atoms with Crippen molar-refractivity contribution >= 4 is 62.2 Å². The molecule has 0 spiro atoms. The molecule has 0 radical (unpaired) electrons. The van der Waals surface area contributed by atoms with E-state index in [0.717, 1.165) is 33.1 Å². The Balaban J connectivity index is 1.59. The molecule has 0 aliphatic heterocycles. The summed E-state index contributed by atoms with van der Waals surface area (Å²) < 4.78 is 0. The molecule has 0 fully saturated rings. The number of hydrogen-bond acceptors (Lipinski definition) is 3. The SMILES string of the molecule is Cc1ccc2cccc(NC(=S)NC(=O)c3cccc4c(Cl)cccc34)c2n1. The third-order valence-corrected chi connectivity index (χ3v) is 4.98. The van der Waals surface area contributed by atoms with Gasteiger partial charge in [0.15, 0.2) is 5.11 Å². The highest BCUT2D eigenvalue weighted by atomic mass is 35.5. The van der Waals surface area contributed by atoms with Crippen LogP contribution < -0.4 is 10.6 Å². The summed E-state index contributed by atoms with van der Waals surface area (Å²) in [6.07, 6.45) is 0. The van der Waals surface area contributed by atoms with Crippen LogP contribution in [-0.4, -0.2) is 16.0 Å². The van der Waals surface area contributed by atoms with Crippen LogP contribution >= 0.6 is 23.8 Å². The van der Waals surface area contributed by atoms with E-state index in [1.165, 1.54) is 0 Å². The fourth-order valence-corrected chi connectivity index (χ4v) is 3.58. The molecule has 0 atom stereocenters. The van der Waals surface area contributed by atoms with Gasteiger partial charge in [-0.1, -0.05) is 54.1 Å². The first-order chi connectivity index (χ1) is 13.5. The number of benzene rings is 3. The molecule has 0 unspecified atom stereocenters. The molecule has 0 saturated carbocycles. The van der Waals surface area contributed by atoms with Crippen LogP contribution in [0, 0.1) is 6.92 Å². The van der Waals surface area contributed by atoms with Gasteiger partial charge in [-0.25, -0.2) is 0 Å². The van der Waals surface area contributed by atoms with Crippen molar-refractivity contribution in [1.29, 1.82) is 0 Å². The van der Waals surface area contributed by atoms with Crippen LogP contribution in [0.15, 0.2) is 66.7 Å². The third-order valence-electron chi connectivity index (χ3n) is 4.45. The van der Waals surface area contributed by atoms with Crippen LogP contribution in [0.2, 0.25) is 5.02 Å². The van der Waals surface area contributed by atoms with Gasteiger partial charge in [0.1, 0.15) is 0 Å². The minimum absolute atomic E-state index is 0.208. The molecule has 1 amide bonds. The van der Waals surface area contributed by atoms with E-state index in [1.807, 2.05) is 55.5 Å². The summed E-state index contributed by atoms with van der Waals surface area (Å²) in [7, 11) is 0. The normalized spacial score (nSPS) is 10.8. The largest absolute Gasteiger partial charge is 0.331 e. The number of thiocarbonyl (C=S) groups is 1. The molecule has 2 N–H and O–H groups in total. The van der Waals surface area contributed by atoms with Gasteiger partial charge in [-0.15, -0.1) is 0 Å². The lowest BCUT2D eigenvalue weighted by Gasteiger charge is -2.13. The number of pyridine rings is 1. The number of anilines is 1. The summed E-state index contributed by atoms with van der Waals surface area (Å²) in [4.78, 5) is 17.4. The Bertz CT molecular complexity index is 1240. The van der Waals surface area contributed by atoms with Crippen molar-refractivity contribution in [3.63, 3.8) is 0 Å². The maximum absolute atomic E-state index is 12.8. The lowest BCUT2D eigenvalue weighted by atomic mass is 10.0. The van der Waals surface area contributed by atoms with Crippen molar-refractivity contribution in [2.24, 2.45) is 0 Å². The second kappa shape index (κ2) is 7.54. The van der Waals surface area contributed by atoms with E-state index in [-0.39, 0.29) is 11.0 Å². The van der Waals surface area contributed by atoms with Crippen molar-refractivity contribution in [3.05, 3.63) is 83.0 Å². The van der Waals surface area contributed by atoms with Crippen molar-refractivity contribution in [3.8, 4) is 0 Å². The monoisotopic (exact) mass is 405 g/mol. The van der Waals surface area contributed by atoms with Crippen molar-refractivity contribution in [2.45, 2.75) is 6.92 Å². The summed E-state index contributed by atoms with van der Waals surface area (Å²) in [5.74, 6) is -0.297. The highest BCUT2D eigenvalue weighted by Gasteiger charge is 2.13. The van der Waals surface area contributed by atoms with Crippen molar-refractivity contribution in [1.82, 2.24) is 10.3 Å². The van der Waals surface area contributed by atoms with Gasteiger partial charge < -0.3 is 5.32 Å². The van der Waals surface area contributed by atoms with Crippen LogP contribution in [-0.2, 0) is 0 Å². The van der Waals surface area contributed by atoms with Gasteiger partial charge in [-0.3, -0.25) is 15.1 Å². The number of aromatic nitrogens is 1. The minimum atomic E-state index is -0.297. The first kappa shape index (κ1) is 18.3. The molecule has 4 rings (SSSR count). The number of hydrogen-bond donors (Lipinski definition) is 2. The van der Waals surface area contributed by atoms with E-state index in [9.17, 15) is 4.79 Å². The zero-order valence-electron chi connectivity index (χ0n) is 15.0. The topological polar surface area (TPSA) is 54.0 Å². The molecule has 1 heterocycles. The second-order valence-corrected chi connectivity index (χ2v) is 7.19. The van der Waals surface area contributed by atoms with Gasteiger partial charge >= 0.3 is 0 Å². The van der Waals surface area contributed by atoms with Crippen molar-refractivity contribution in [2.75, 3.05) is 5.32 Å². The molecule has 0 bridgehead atoms. The maximum Gasteiger partial charge on any atom is 0.258 e. The summed E-state index contributed by atoms with van der Waals surface area (Å²) in [5.41, 5.74) is 2.96. The quantitative estimate of drug-likeness (QED) is 0.434. The standard InChI is InChI=1S/C22H16ClN3OS/c1-13-11-12-14-5-2-10-19(20(14)24-13)25-22(28)26-21(27)17-8-3-7-16-15(17)6-4-9-18(16)23/h2-12H,1H3,(H2,25,26,27,28). The number of nitrogens with one attached hydrogen (secondary N) is 2. The Morgan fingerprint density at radius 1 is 0.964 bits per heavy atom. The number of halogens is 1. The van der Waals surface area contributed by atoms with Crippen LogP contribution in [0.3, 0.4) is 0 Å². The van der Waals surface area contributed by atoms with Gasteiger partial charge in [0, 0.05) is 27.1 Å². The van der Waals surface area contributed by atoms with Gasteiger partial charge in [0.2, 0.25) is 0 Å². The molecule has 0 saturated heterocycles. The molecule has 4 nitrogen and oxygen atoms in total. The Morgan fingerprint density at radius 2 is 1.71 bits per heavy atom. The van der Waals surface area contributed by atoms with Gasteiger partial charge in [-0.05, 0) is 48.8 Å². The van der Waals surface area contributed by atoms with Gasteiger partial charge in [0.05, 0.1) is 11.2 Å². The average molecular weight is 406 g/mol. The Morgan fingerprint density at radius 3 is 2.57 bits per heavy atom. The van der Waals surface area contributed by atoms with E-state index >= 15 is 0 Å². The van der Waals surface area contributed by atoms with E-state index < -0.39 is 0 Å². The lowest BCUT2D eigenvalue weighted by Crippen LogP contribution is -2.34. The van der Waals surface area contributed by atoms with Gasteiger partial charge in [0.25, 0.3) is 5.91 Å². The van der Waals surface area contributed by atoms with E-state index in [4.69, 9.17) is 23.8 Å². The lowest BCUT2D eigenvalue weighted by molar-refractivity contribution is 0.0979. The predicted octanol–water partition coefficient (Wildman–Crippen LogP) is 5.48. The van der Waals surface area contributed by atoms with E-state index in [2.05, 4.69) is 15.6 Å². The number of amides is 1. The smallest absolute Gasteiger partial charge is 0.258 e. The zero-order chi connectivity index (χ0) is 19.7. The minimum Gasteiger partial charge on any atom is -0.331 e. The molecule has 1 aromatic heterocycles. The van der Waals surface area contributed by atoms with Crippen LogP contribution in [0.1, 0.15) is 16.1 Å². The molecule has 4 aromatic rings. The number of para-hydroxylation sites is 1. The highest BCUT2D eigenvalue weighted by Crippen LogP contribution is 2.26. The summed E-state index contributed by atoms with van der Waals surface area (Å²) in [6.45, 7) is 1.93. The molecule has 28 heavy (non-hydrogen) atoms. The van der Waals surface area contributed by atoms with Crippen LogP contribution in [0.25, 0.3) is 21.7 Å². The Labute approximate surface area is 172 Å². The summed E-state index contributed by atoms with van der Waals surface area (Å²) >= 11 is 11.6. The molecule has 0 aliphatic rings. The third kappa shape index (κ3) is 3.54. The molecule has 3 aromatic carbocycles. The van der Waals surface area contributed by atoms with Crippen LogP contribution in [0.5, 0.6) is 0 Å². The van der Waals surface area contributed by atoms with Gasteiger partial charge in [-0.2, -0.15) is 0 Å². The summed E-state index contributed by atoms with van der Waals surface area (Å²) in [6, 6.07) is 20.7. The maximum atomic E-state index is 12.8. The molecular formula is C22H16ClN3OS.